The summed E-state index contributed by atoms with van der Waals surface area (Å²) in [5, 5.41) is 2.46. The van der Waals surface area contributed by atoms with Crippen molar-refractivity contribution in [3.8, 4) is 0 Å². The maximum absolute atomic E-state index is 13.4. The van der Waals surface area contributed by atoms with Crippen LogP contribution in [0, 0.1) is 25.5 Å². The first-order valence-electron chi connectivity index (χ1n) is 8.37. The Hall–Kier alpha value is -2.48. The van der Waals surface area contributed by atoms with E-state index < -0.39 is 33.6 Å². The summed E-state index contributed by atoms with van der Waals surface area (Å²) >= 11 is 0. The molecule has 0 bridgehead atoms. The van der Waals surface area contributed by atoms with Crippen molar-refractivity contribution in [2.75, 3.05) is 15.9 Å². The molecule has 0 aliphatic rings. The van der Waals surface area contributed by atoms with Crippen LogP contribution in [0.2, 0.25) is 0 Å². The minimum atomic E-state index is -3.77. The lowest BCUT2D eigenvalue weighted by Crippen LogP contribution is -2.47. The smallest absolute Gasteiger partial charge is 0.248 e. The second kappa shape index (κ2) is 8.04. The van der Waals surface area contributed by atoms with Crippen molar-refractivity contribution >= 4 is 27.3 Å². The van der Waals surface area contributed by atoms with E-state index in [-0.39, 0.29) is 12.1 Å². The van der Waals surface area contributed by atoms with E-state index in [4.69, 9.17) is 0 Å². The van der Waals surface area contributed by atoms with Crippen LogP contribution in [0.25, 0.3) is 0 Å². The molecular weight excluding hydrogens is 374 g/mol. The SMILES string of the molecule is CC[C@@H](C(=O)Nc1ccc(F)c(F)c1)N(c1ccc(C)c(C)c1)S(C)(=O)=O. The second-order valence-corrected chi connectivity index (χ2v) is 8.23. The lowest BCUT2D eigenvalue weighted by atomic mass is 10.1. The van der Waals surface area contributed by atoms with Crippen LogP contribution >= 0.6 is 0 Å². The third kappa shape index (κ3) is 4.82. The zero-order valence-corrected chi connectivity index (χ0v) is 16.4. The zero-order valence-electron chi connectivity index (χ0n) is 15.6. The number of nitrogens with one attached hydrogen (secondary N) is 1. The number of benzene rings is 2. The third-order valence-electron chi connectivity index (χ3n) is 4.26. The molecule has 0 spiro atoms. The van der Waals surface area contributed by atoms with Gasteiger partial charge in [0, 0.05) is 11.8 Å². The Morgan fingerprint density at radius 2 is 1.74 bits per heavy atom. The van der Waals surface area contributed by atoms with Gasteiger partial charge < -0.3 is 5.32 Å². The van der Waals surface area contributed by atoms with E-state index in [1.165, 1.54) is 6.07 Å². The number of aryl methyl sites for hydroxylation is 2. The Morgan fingerprint density at radius 3 is 2.26 bits per heavy atom. The number of hydrogen-bond acceptors (Lipinski definition) is 3. The van der Waals surface area contributed by atoms with E-state index in [1.54, 1.807) is 25.1 Å². The highest BCUT2D eigenvalue weighted by Gasteiger charge is 2.31. The van der Waals surface area contributed by atoms with Gasteiger partial charge in [-0.05, 0) is 55.7 Å². The highest BCUT2D eigenvalue weighted by atomic mass is 32.2. The average Bonchev–Trinajstić information content (AvgIpc) is 2.57. The van der Waals surface area contributed by atoms with E-state index >= 15 is 0 Å². The molecule has 1 atom stereocenters. The molecule has 2 aromatic rings. The number of nitrogens with zero attached hydrogens (tertiary/aromatic N) is 1. The molecule has 0 aliphatic carbocycles. The molecule has 0 aliphatic heterocycles. The summed E-state index contributed by atoms with van der Waals surface area (Å²) in [6.45, 7) is 5.42. The van der Waals surface area contributed by atoms with Crippen molar-refractivity contribution in [1.82, 2.24) is 0 Å². The van der Waals surface area contributed by atoms with Crippen LogP contribution in [-0.2, 0) is 14.8 Å². The van der Waals surface area contributed by atoms with Crippen LogP contribution in [0.5, 0.6) is 0 Å². The molecule has 1 N–H and O–H groups in total. The van der Waals surface area contributed by atoms with E-state index in [0.717, 1.165) is 33.8 Å². The number of hydrogen-bond donors (Lipinski definition) is 1. The maximum Gasteiger partial charge on any atom is 0.248 e. The second-order valence-electron chi connectivity index (χ2n) is 6.37. The molecule has 2 rings (SSSR count). The fourth-order valence-electron chi connectivity index (χ4n) is 2.72. The number of amides is 1. The number of anilines is 2. The van der Waals surface area contributed by atoms with E-state index in [9.17, 15) is 22.0 Å². The molecule has 8 heteroatoms. The Kier molecular flexibility index (Phi) is 6.20. The Bertz CT molecular complexity index is 961. The normalized spacial score (nSPS) is 12.5. The number of sulfonamides is 1. The number of carbonyl (C=O) groups excluding carboxylic acids is 1. The van der Waals surface area contributed by atoms with Gasteiger partial charge >= 0.3 is 0 Å². The molecular formula is C19H22F2N2O3S. The first-order chi connectivity index (χ1) is 12.5. The van der Waals surface area contributed by atoms with Gasteiger partial charge in [0.15, 0.2) is 11.6 Å². The van der Waals surface area contributed by atoms with Crippen LogP contribution in [0.4, 0.5) is 20.2 Å². The van der Waals surface area contributed by atoms with Crippen LogP contribution in [-0.4, -0.2) is 26.6 Å². The molecule has 27 heavy (non-hydrogen) atoms. The Balaban J connectivity index is 2.40. The quantitative estimate of drug-likeness (QED) is 0.808. The summed E-state index contributed by atoms with van der Waals surface area (Å²) in [6, 6.07) is 7.02. The van der Waals surface area contributed by atoms with Crippen molar-refractivity contribution in [1.29, 1.82) is 0 Å². The molecule has 0 heterocycles. The van der Waals surface area contributed by atoms with Gasteiger partial charge in [-0.25, -0.2) is 17.2 Å². The maximum atomic E-state index is 13.4. The van der Waals surface area contributed by atoms with Gasteiger partial charge in [0.25, 0.3) is 0 Å². The van der Waals surface area contributed by atoms with Gasteiger partial charge in [-0.1, -0.05) is 13.0 Å². The third-order valence-corrected chi connectivity index (χ3v) is 5.44. The molecule has 0 radical (unpaired) electrons. The lowest BCUT2D eigenvalue weighted by Gasteiger charge is -2.30. The molecule has 1 amide bonds. The highest BCUT2D eigenvalue weighted by molar-refractivity contribution is 7.92. The monoisotopic (exact) mass is 396 g/mol. The molecule has 0 saturated heterocycles. The van der Waals surface area contributed by atoms with E-state index in [1.807, 2.05) is 13.8 Å². The first-order valence-corrected chi connectivity index (χ1v) is 10.2. The van der Waals surface area contributed by atoms with Crippen LogP contribution in [0.15, 0.2) is 36.4 Å². The fourth-order valence-corrected chi connectivity index (χ4v) is 3.93. The molecule has 5 nitrogen and oxygen atoms in total. The summed E-state index contributed by atoms with van der Waals surface area (Å²) in [7, 11) is -3.77. The largest absolute Gasteiger partial charge is 0.324 e. The molecule has 0 fully saturated rings. The minimum absolute atomic E-state index is 0.0471. The molecule has 0 saturated carbocycles. The van der Waals surface area contributed by atoms with Crippen LogP contribution in [0.3, 0.4) is 0 Å². The minimum Gasteiger partial charge on any atom is -0.324 e. The van der Waals surface area contributed by atoms with Crippen molar-refractivity contribution < 1.29 is 22.0 Å². The summed E-state index contributed by atoms with van der Waals surface area (Å²) in [5.74, 6) is -2.77. The standard InChI is InChI=1S/C19H22F2N2O3S/c1-5-18(19(24)22-14-7-9-16(20)17(21)11-14)23(27(4,25)26)15-8-6-12(2)13(3)10-15/h6-11,18H,5H2,1-4H3,(H,22,24)/t18-/m0/s1. The van der Waals surface area contributed by atoms with Crippen LogP contribution < -0.4 is 9.62 Å². The van der Waals surface area contributed by atoms with E-state index in [0.29, 0.717) is 5.69 Å². The molecule has 0 unspecified atom stereocenters. The highest BCUT2D eigenvalue weighted by Crippen LogP contribution is 2.26. The van der Waals surface area contributed by atoms with Gasteiger partial charge in [0.05, 0.1) is 11.9 Å². The van der Waals surface area contributed by atoms with Gasteiger partial charge in [-0.15, -0.1) is 0 Å². The van der Waals surface area contributed by atoms with Gasteiger partial charge in [0.2, 0.25) is 15.9 Å². The fraction of sp³-hybridized carbons (Fsp3) is 0.316. The van der Waals surface area contributed by atoms with E-state index in [2.05, 4.69) is 5.32 Å². The van der Waals surface area contributed by atoms with Crippen molar-refractivity contribution in [3.63, 3.8) is 0 Å². The molecule has 0 aromatic heterocycles. The first kappa shape index (κ1) is 20.8. The Morgan fingerprint density at radius 1 is 1.07 bits per heavy atom. The average molecular weight is 396 g/mol. The number of carbonyl (C=O) groups is 1. The zero-order chi connectivity index (χ0) is 20.4. The van der Waals surface area contributed by atoms with Crippen molar-refractivity contribution in [3.05, 3.63) is 59.2 Å². The molecule has 2 aromatic carbocycles. The number of halogens is 2. The summed E-state index contributed by atoms with van der Waals surface area (Å²) in [4.78, 5) is 12.7. The Labute approximate surface area is 158 Å². The van der Waals surface area contributed by atoms with Crippen molar-refractivity contribution in [2.45, 2.75) is 33.2 Å². The topological polar surface area (TPSA) is 66.5 Å². The van der Waals surface area contributed by atoms with Crippen LogP contribution in [0.1, 0.15) is 24.5 Å². The predicted molar refractivity (Wildman–Crippen MR) is 102 cm³/mol. The lowest BCUT2D eigenvalue weighted by molar-refractivity contribution is -0.117. The predicted octanol–water partition coefficient (Wildman–Crippen LogP) is 3.76. The summed E-state index contributed by atoms with van der Waals surface area (Å²) < 4.78 is 52.3. The van der Waals surface area contributed by atoms with Gasteiger partial charge in [-0.3, -0.25) is 9.10 Å². The molecule has 146 valence electrons. The van der Waals surface area contributed by atoms with Gasteiger partial charge in [0.1, 0.15) is 6.04 Å². The number of rotatable bonds is 6. The summed E-state index contributed by atoms with van der Waals surface area (Å²) in [5.41, 5.74) is 2.29. The van der Waals surface area contributed by atoms with Gasteiger partial charge in [-0.2, -0.15) is 0 Å². The van der Waals surface area contributed by atoms with Crippen molar-refractivity contribution in [2.24, 2.45) is 0 Å². The summed E-state index contributed by atoms with van der Waals surface area (Å²) in [6.07, 6.45) is 1.21.